The highest BCUT2D eigenvalue weighted by Gasteiger charge is 1.98. The average Bonchev–Trinajstić information content (AvgIpc) is 2.45. The molecule has 0 fully saturated rings. The highest BCUT2D eigenvalue weighted by atomic mass is 16.5. The van der Waals surface area contributed by atoms with Crippen LogP contribution in [0.3, 0.4) is 0 Å². The summed E-state index contributed by atoms with van der Waals surface area (Å²) in [5.74, 6) is 5.95. The third-order valence-electron chi connectivity index (χ3n) is 2.74. The van der Waals surface area contributed by atoms with E-state index in [0.29, 0.717) is 19.1 Å². The number of unbranched alkanes of at least 4 members (excludes halogenated alkanes) is 1. The van der Waals surface area contributed by atoms with Gasteiger partial charge in [0.25, 0.3) is 0 Å². The van der Waals surface area contributed by atoms with E-state index < -0.39 is 0 Å². The van der Waals surface area contributed by atoms with E-state index in [4.69, 9.17) is 10.6 Å². The van der Waals surface area contributed by atoms with Crippen LogP contribution in [0.15, 0.2) is 29.3 Å². The summed E-state index contributed by atoms with van der Waals surface area (Å²) in [6.07, 6.45) is 3.56. The Morgan fingerprint density at radius 3 is 2.63 bits per heavy atom. The molecule has 0 aromatic heterocycles. The zero-order chi connectivity index (χ0) is 13.9. The van der Waals surface area contributed by atoms with Crippen molar-refractivity contribution in [2.24, 2.45) is 10.8 Å². The first-order chi connectivity index (χ1) is 9.30. The fourth-order valence-corrected chi connectivity index (χ4v) is 1.64. The van der Waals surface area contributed by atoms with Gasteiger partial charge in [0.05, 0.1) is 13.2 Å². The molecule has 1 aromatic carbocycles. The number of hydrogen-bond acceptors (Lipinski definition) is 3. The van der Waals surface area contributed by atoms with Gasteiger partial charge in [-0.05, 0) is 30.5 Å². The second-order valence-corrected chi connectivity index (χ2v) is 4.29. The zero-order valence-corrected chi connectivity index (χ0v) is 11.8. The number of hydrogen-bond donors (Lipinski definition) is 3. The number of nitrogens with two attached hydrogens (primary N) is 1. The predicted octanol–water partition coefficient (Wildman–Crippen LogP) is 1.91. The third kappa shape index (κ3) is 6.22. The number of ether oxygens (including phenoxy) is 1. The van der Waals surface area contributed by atoms with Crippen LogP contribution in [-0.4, -0.2) is 26.2 Å². The van der Waals surface area contributed by atoms with Crippen LogP contribution in [0.2, 0.25) is 0 Å². The van der Waals surface area contributed by atoms with Crippen LogP contribution in [0.4, 0.5) is 5.69 Å². The minimum atomic E-state index is 0.540. The number of nitrogens with zero attached hydrogens (tertiary/aromatic N) is 1. The summed E-state index contributed by atoms with van der Waals surface area (Å²) in [6.45, 7) is 3.34. The smallest absolute Gasteiger partial charge is 0.210 e. The van der Waals surface area contributed by atoms with Crippen molar-refractivity contribution in [2.75, 3.05) is 25.6 Å². The van der Waals surface area contributed by atoms with E-state index >= 15 is 0 Å². The summed E-state index contributed by atoms with van der Waals surface area (Å²) >= 11 is 0. The lowest BCUT2D eigenvalue weighted by Crippen LogP contribution is -2.36. The zero-order valence-electron chi connectivity index (χ0n) is 11.8. The number of hydrazine groups is 1. The van der Waals surface area contributed by atoms with Gasteiger partial charge in [-0.1, -0.05) is 25.5 Å². The maximum Gasteiger partial charge on any atom is 0.210 e. The Balaban J connectivity index is 2.52. The van der Waals surface area contributed by atoms with Gasteiger partial charge in [-0.2, -0.15) is 0 Å². The van der Waals surface area contributed by atoms with Crippen molar-refractivity contribution < 1.29 is 4.74 Å². The van der Waals surface area contributed by atoms with E-state index in [2.05, 4.69) is 34.8 Å². The van der Waals surface area contributed by atoms with E-state index in [1.807, 2.05) is 12.1 Å². The Bertz CT molecular complexity index is 376. The molecule has 0 heterocycles. The summed E-state index contributed by atoms with van der Waals surface area (Å²) in [6, 6.07) is 8.32. The molecular weight excluding hydrogens is 240 g/mol. The molecule has 0 saturated carbocycles. The van der Waals surface area contributed by atoms with Gasteiger partial charge in [0.15, 0.2) is 0 Å². The van der Waals surface area contributed by atoms with Crippen molar-refractivity contribution >= 4 is 11.6 Å². The Labute approximate surface area is 115 Å². The second kappa shape index (κ2) is 9.35. The number of anilines is 1. The Morgan fingerprint density at radius 2 is 2.05 bits per heavy atom. The largest absolute Gasteiger partial charge is 0.383 e. The topological polar surface area (TPSA) is 71.7 Å². The van der Waals surface area contributed by atoms with Gasteiger partial charge in [-0.3, -0.25) is 5.43 Å². The molecule has 0 radical (unpaired) electrons. The maximum atomic E-state index is 5.41. The summed E-state index contributed by atoms with van der Waals surface area (Å²) < 4.78 is 4.94. The van der Waals surface area contributed by atoms with Crippen molar-refractivity contribution in [3.63, 3.8) is 0 Å². The van der Waals surface area contributed by atoms with E-state index in [-0.39, 0.29) is 0 Å². The lowest BCUT2D eigenvalue weighted by molar-refractivity contribution is 0.208. The summed E-state index contributed by atoms with van der Waals surface area (Å²) in [7, 11) is 1.65. The molecule has 0 aliphatic rings. The summed E-state index contributed by atoms with van der Waals surface area (Å²) in [5, 5.41) is 3.13. The van der Waals surface area contributed by atoms with Crippen LogP contribution < -0.4 is 16.6 Å². The maximum absolute atomic E-state index is 5.41. The minimum absolute atomic E-state index is 0.540. The van der Waals surface area contributed by atoms with Gasteiger partial charge < -0.3 is 10.1 Å². The van der Waals surface area contributed by atoms with Crippen molar-refractivity contribution in [1.29, 1.82) is 0 Å². The number of guanidine groups is 1. The molecule has 0 amide bonds. The first-order valence-electron chi connectivity index (χ1n) is 6.66. The van der Waals surface area contributed by atoms with Gasteiger partial charge >= 0.3 is 0 Å². The number of aliphatic imine (C=N–C) groups is 1. The van der Waals surface area contributed by atoms with Crippen LogP contribution >= 0.6 is 0 Å². The van der Waals surface area contributed by atoms with Crippen LogP contribution in [0, 0.1) is 0 Å². The molecule has 5 heteroatoms. The van der Waals surface area contributed by atoms with Gasteiger partial charge in [0.2, 0.25) is 5.96 Å². The second-order valence-electron chi connectivity index (χ2n) is 4.29. The molecular formula is C14H24N4O. The molecule has 0 saturated heterocycles. The molecule has 1 rings (SSSR count). The molecule has 0 aliphatic heterocycles. The molecule has 0 unspecified atom stereocenters. The fraction of sp³-hybridized carbons (Fsp3) is 0.500. The van der Waals surface area contributed by atoms with Gasteiger partial charge in [0, 0.05) is 12.8 Å². The average molecular weight is 264 g/mol. The fourth-order valence-electron chi connectivity index (χ4n) is 1.64. The summed E-state index contributed by atoms with van der Waals surface area (Å²) in [4.78, 5) is 4.24. The predicted molar refractivity (Wildman–Crippen MR) is 80.2 cm³/mol. The van der Waals surface area contributed by atoms with Crippen LogP contribution in [-0.2, 0) is 11.2 Å². The first kappa shape index (κ1) is 15.5. The molecule has 106 valence electrons. The Morgan fingerprint density at radius 1 is 1.32 bits per heavy atom. The standard InChI is InChI=1S/C14H24N4O/c1-3-4-5-12-6-8-13(9-7-12)17-14(18-15)16-10-11-19-2/h6-9H,3-5,10-11,15H2,1-2H3,(H2,16,17,18). The van der Waals surface area contributed by atoms with Gasteiger partial charge in [0.1, 0.15) is 0 Å². The number of nitrogens with one attached hydrogen (secondary N) is 2. The first-order valence-corrected chi connectivity index (χ1v) is 6.66. The van der Waals surface area contributed by atoms with Crippen LogP contribution in [0.5, 0.6) is 0 Å². The minimum Gasteiger partial charge on any atom is -0.383 e. The SMILES string of the molecule is CCCCc1ccc(NC(=NCCOC)NN)cc1. The van der Waals surface area contributed by atoms with Crippen molar-refractivity contribution in [3.8, 4) is 0 Å². The van der Waals surface area contributed by atoms with Crippen molar-refractivity contribution in [2.45, 2.75) is 26.2 Å². The van der Waals surface area contributed by atoms with Crippen LogP contribution in [0.1, 0.15) is 25.3 Å². The van der Waals surface area contributed by atoms with E-state index in [1.165, 1.54) is 18.4 Å². The number of aryl methyl sites for hydroxylation is 1. The Hall–Kier alpha value is -1.59. The molecule has 0 spiro atoms. The lowest BCUT2D eigenvalue weighted by atomic mass is 10.1. The molecule has 0 atom stereocenters. The quantitative estimate of drug-likeness (QED) is 0.231. The highest BCUT2D eigenvalue weighted by Crippen LogP contribution is 2.11. The highest BCUT2D eigenvalue weighted by molar-refractivity contribution is 5.93. The number of methoxy groups -OCH3 is 1. The molecule has 1 aromatic rings. The van der Waals surface area contributed by atoms with E-state index in [1.54, 1.807) is 7.11 Å². The molecule has 4 N–H and O–H groups in total. The van der Waals surface area contributed by atoms with Gasteiger partial charge in [-0.25, -0.2) is 10.8 Å². The third-order valence-corrected chi connectivity index (χ3v) is 2.74. The lowest BCUT2D eigenvalue weighted by Gasteiger charge is -2.09. The molecule has 19 heavy (non-hydrogen) atoms. The monoisotopic (exact) mass is 264 g/mol. The van der Waals surface area contributed by atoms with Crippen molar-refractivity contribution in [3.05, 3.63) is 29.8 Å². The number of benzene rings is 1. The normalized spacial score (nSPS) is 11.4. The number of rotatable bonds is 7. The van der Waals surface area contributed by atoms with E-state index in [0.717, 1.165) is 12.1 Å². The summed E-state index contributed by atoms with van der Waals surface area (Å²) in [5.41, 5.74) is 4.86. The Kier molecular flexibility index (Phi) is 7.62. The van der Waals surface area contributed by atoms with E-state index in [9.17, 15) is 0 Å². The molecule has 0 aliphatic carbocycles. The molecule has 0 bridgehead atoms. The van der Waals surface area contributed by atoms with Crippen molar-refractivity contribution in [1.82, 2.24) is 5.43 Å². The van der Waals surface area contributed by atoms with Crippen LogP contribution in [0.25, 0.3) is 0 Å². The van der Waals surface area contributed by atoms with Gasteiger partial charge in [-0.15, -0.1) is 0 Å². The molecule has 5 nitrogen and oxygen atoms in total.